The Bertz CT molecular complexity index is 1170. The summed E-state index contributed by atoms with van der Waals surface area (Å²) in [5, 5.41) is 17.9. The van der Waals surface area contributed by atoms with Crippen LogP contribution in [0.1, 0.15) is 50.8 Å². The summed E-state index contributed by atoms with van der Waals surface area (Å²) in [4.78, 5) is 11.4. The molecule has 0 saturated carbocycles. The van der Waals surface area contributed by atoms with Crippen LogP contribution in [0.15, 0.2) is 34.9 Å². The first-order valence-corrected chi connectivity index (χ1v) is 11.4. The van der Waals surface area contributed by atoms with E-state index in [1.54, 1.807) is 12.3 Å². The van der Waals surface area contributed by atoms with Crippen molar-refractivity contribution in [2.45, 2.75) is 62.8 Å². The first kappa shape index (κ1) is 22.6. The molecule has 0 aromatic carbocycles. The molecule has 0 aliphatic carbocycles. The second-order valence-electron chi connectivity index (χ2n) is 8.87. The maximum atomic E-state index is 13.9. The molecule has 3 aromatic heterocycles. The van der Waals surface area contributed by atoms with Gasteiger partial charge in [-0.05, 0) is 50.3 Å². The maximum absolute atomic E-state index is 13.9. The second-order valence-corrected chi connectivity index (χ2v) is 8.87. The topological polar surface area (TPSA) is 114 Å². The van der Waals surface area contributed by atoms with Gasteiger partial charge in [0.15, 0.2) is 5.69 Å². The molecule has 1 fully saturated rings. The number of halogens is 3. The molecule has 4 bridgehead atoms. The molecule has 180 valence electrons. The van der Waals surface area contributed by atoms with Crippen molar-refractivity contribution in [1.29, 1.82) is 0 Å². The summed E-state index contributed by atoms with van der Waals surface area (Å²) in [6, 6.07) is 7.42. The van der Waals surface area contributed by atoms with Gasteiger partial charge in [0.1, 0.15) is 5.82 Å². The summed E-state index contributed by atoms with van der Waals surface area (Å²) in [5.74, 6) is -0.534. The van der Waals surface area contributed by atoms with Gasteiger partial charge >= 0.3 is 6.18 Å². The lowest BCUT2D eigenvalue weighted by molar-refractivity contribution is -0.277. The van der Waals surface area contributed by atoms with Crippen LogP contribution in [0.4, 0.5) is 24.7 Å². The standard InChI is InChI=1S/C23H25F3N6O2/c24-23(25,26)22(33)10-4-1-2-7-14-8-6-12-32(14)19-15(17-9-3-5-11-28-17)13-16(27)18(29-19)20-30-31-21(22)34-20/h3,5,9,11,13-14,33H,1-2,4,6-8,10,12,27H2/t14-,22?/m1/s1. The number of hydrogen-bond donors (Lipinski definition) is 2. The minimum absolute atomic E-state index is 0.0839. The Morgan fingerprint density at radius 1 is 1.12 bits per heavy atom. The molecule has 0 radical (unpaired) electrons. The Kier molecular flexibility index (Phi) is 5.67. The number of hydrogen-bond acceptors (Lipinski definition) is 8. The summed E-state index contributed by atoms with van der Waals surface area (Å²) in [6.07, 6.45) is 0.340. The molecule has 0 amide bonds. The summed E-state index contributed by atoms with van der Waals surface area (Å²) >= 11 is 0. The van der Waals surface area contributed by atoms with Crippen molar-refractivity contribution in [3.05, 3.63) is 36.4 Å². The Labute approximate surface area is 194 Å². The zero-order valence-electron chi connectivity index (χ0n) is 18.4. The molecule has 8 nitrogen and oxygen atoms in total. The number of nitrogens with two attached hydrogens (primary N) is 1. The molecule has 5 rings (SSSR count). The summed E-state index contributed by atoms with van der Waals surface area (Å²) < 4.78 is 46.9. The first-order valence-electron chi connectivity index (χ1n) is 11.4. The van der Waals surface area contributed by atoms with Gasteiger partial charge in [0.05, 0.1) is 11.4 Å². The van der Waals surface area contributed by atoms with E-state index < -0.39 is 24.1 Å². The third kappa shape index (κ3) is 3.87. The molecule has 2 aliphatic rings. The lowest BCUT2D eigenvalue weighted by Crippen LogP contribution is -2.42. The number of nitrogens with zero attached hydrogens (tertiary/aromatic N) is 5. The van der Waals surface area contributed by atoms with Crippen LogP contribution in [-0.4, -0.2) is 44.0 Å². The van der Waals surface area contributed by atoms with Crippen LogP contribution < -0.4 is 10.6 Å². The van der Waals surface area contributed by atoms with Crippen LogP contribution in [0, 0.1) is 0 Å². The van der Waals surface area contributed by atoms with E-state index >= 15 is 0 Å². The highest BCUT2D eigenvalue weighted by Gasteiger charge is 2.58. The third-order valence-electron chi connectivity index (χ3n) is 6.65. The Morgan fingerprint density at radius 3 is 2.71 bits per heavy atom. The van der Waals surface area contributed by atoms with Crippen molar-refractivity contribution in [2.75, 3.05) is 17.2 Å². The smallest absolute Gasteiger partial charge is 0.416 e. The number of anilines is 2. The van der Waals surface area contributed by atoms with Gasteiger partial charge in [-0.15, -0.1) is 10.2 Å². The molecule has 1 unspecified atom stereocenters. The van der Waals surface area contributed by atoms with Crippen LogP contribution in [0.25, 0.3) is 22.8 Å². The highest BCUT2D eigenvalue weighted by Crippen LogP contribution is 2.44. The number of aliphatic hydroxyl groups is 1. The van der Waals surface area contributed by atoms with Crippen molar-refractivity contribution in [2.24, 2.45) is 0 Å². The molecular formula is C23H25F3N6O2. The van der Waals surface area contributed by atoms with Crippen LogP contribution in [0.3, 0.4) is 0 Å². The highest BCUT2D eigenvalue weighted by atomic mass is 19.4. The number of nitrogen functional groups attached to an aromatic ring is 1. The van der Waals surface area contributed by atoms with Crippen molar-refractivity contribution >= 4 is 11.5 Å². The maximum Gasteiger partial charge on any atom is 0.426 e. The van der Waals surface area contributed by atoms with Crippen molar-refractivity contribution in [1.82, 2.24) is 20.2 Å². The van der Waals surface area contributed by atoms with E-state index in [1.165, 1.54) is 0 Å². The zero-order chi connectivity index (χ0) is 23.9. The second kappa shape index (κ2) is 8.53. The molecule has 1 saturated heterocycles. The van der Waals surface area contributed by atoms with E-state index in [4.69, 9.17) is 15.1 Å². The van der Waals surface area contributed by atoms with Crippen molar-refractivity contribution in [3.63, 3.8) is 0 Å². The average Bonchev–Trinajstić information content (AvgIpc) is 3.48. The molecule has 3 N–H and O–H groups in total. The molecule has 3 aromatic rings. The number of pyridine rings is 2. The van der Waals surface area contributed by atoms with E-state index in [0.29, 0.717) is 17.9 Å². The van der Waals surface area contributed by atoms with Gasteiger partial charge in [-0.2, -0.15) is 13.2 Å². The Morgan fingerprint density at radius 2 is 1.94 bits per heavy atom. The monoisotopic (exact) mass is 474 g/mol. The normalized spacial score (nSPS) is 23.4. The number of alkyl halides is 3. The molecule has 5 heterocycles. The van der Waals surface area contributed by atoms with Crippen LogP contribution in [0.5, 0.6) is 0 Å². The van der Waals surface area contributed by atoms with Gasteiger partial charge < -0.3 is 20.2 Å². The lowest BCUT2D eigenvalue weighted by atomic mass is 9.94. The summed E-state index contributed by atoms with van der Waals surface area (Å²) in [5.41, 5.74) is 4.71. The SMILES string of the molecule is Nc1cc(-c2ccccn2)c2nc1-c1nnc(o1)C(O)(C(F)(F)F)CCCCC[C@@H]1CCCN21. The lowest BCUT2D eigenvalue weighted by Gasteiger charge is -2.29. The number of rotatable bonds is 1. The van der Waals surface area contributed by atoms with Gasteiger partial charge in [0, 0.05) is 24.3 Å². The fourth-order valence-corrected chi connectivity index (χ4v) is 4.83. The minimum atomic E-state index is -4.97. The van der Waals surface area contributed by atoms with Gasteiger partial charge in [0.25, 0.3) is 11.8 Å². The van der Waals surface area contributed by atoms with E-state index in [-0.39, 0.29) is 29.7 Å². The molecule has 2 aliphatic heterocycles. The molecule has 2 atom stereocenters. The van der Waals surface area contributed by atoms with Crippen LogP contribution >= 0.6 is 0 Å². The number of aromatic nitrogens is 4. The minimum Gasteiger partial charge on any atom is -0.416 e. The van der Waals surface area contributed by atoms with E-state index in [2.05, 4.69) is 20.1 Å². The molecular weight excluding hydrogens is 449 g/mol. The van der Waals surface area contributed by atoms with Gasteiger partial charge in [-0.1, -0.05) is 18.9 Å². The van der Waals surface area contributed by atoms with E-state index in [0.717, 1.165) is 37.8 Å². The van der Waals surface area contributed by atoms with Gasteiger partial charge in [-0.3, -0.25) is 4.98 Å². The summed E-state index contributed by atoms with van der Waals surface area (Å²) in [7, 11) is 0. The fraction of sp³-hybridized carbons (Fsp3) is 0.478. The van der Waals surface area contributed by atoms with E-state index in [1.807, 2.05) is 18.2 Å². The predicted molar refractivity (Wildman–Crippen MR) is 119 cm³/mol. The first-order chi connectivity index (χ1) is 16.3. The molecule has 0 spiro atoms. The fourth-order valence-electron chi connectivity index (χ4n) is 4.83. The average molecular weight is 474 g/mol. The predicted octanol–water partition coefficient (Wildman–Crippen LogP) is 4.46. The van der Waals surface area contributed by atoms with Crippen LogP contribution in [0.2, 0.25) is 0 Å². The summed E-state index contributed by atoms with van der Waals surface area (Å²) in [6.45, 7) is 0.795. The zero-order valence-corrected chi connectivity index (χ0v) is 18.4. The largest absolute Gasteiger partial charge is 0.426 e. The third-order valence-corrected chi connectivity index (χ3v) is 6.65. The Balaban J connectivity index is 1.69. The number of fused-ring (bicyclic) bond motifs is 7. The van der Waals surface area contributed by atoms with Crippen molar-refractivity contribution in [3.8, 4) is 22.8 Å². The van der Waals surface area contributed by atoms with Gasteiger partial charge in [-0.25, -0.2) is 4.98 Å². The molecule has 34 heavy (non-hydrogen) atoms. The molecule has 11 heteroatoms. The quantitative estimate of drug-likeness (QED) is 0.531. The Hall–Kier alpha value is -3.21. The van der Waals surface area contributed by atoms with E-state index in [9.17, 15) is 18.3 Å². The van der Waals surface area contributed by atoms with Gasteiger partial charge in [0.2, 0.25) is 5.60 Å². The van der Waals surface area contributed by atoms with Crippen molar-refractivity contribution < 1.29 is 22.7 Å². The van der Waals surface area contributed by atoms with Crippen LogP contribution in [-0.2, 0) is 5.60 Å². The highest BCUT2D eigenvalue weighted by molar-refractivity contribution is 5.82.